The van der Waals surface area contributed by atoms with Crippen LogP contribution in [0, 0.1) is 0 Å². The maximum Gasteiger partial charge on any atom is 0.508 e. The van der Waals surface area contributed by atoms with E-state index in [1.54, 1.807) is 6.92 Å². The summed E-state index contributed by atoms with van der Waals surface area (Å²) in [5, 5.41) is 0. The molecule has 7 heteroatoms. The molecule has 0 aromatic carbocycles. The van der Waals surface area contributed by atoms with Crippen LogP contribution in [-0.4, -0.2) is 39.6 Å². The van der Waals surface area contributed by atoms with Crippen molar-refractivity contribution in [3.8, 4) is 0 Å². The van der Waals surface area contributed by atoms with Crippen LogP contribution in [0.2, 0.25) is 0 Å². The Morgan fingerprint density at radius 3 is 2.64 bits per heavy atom. The summed E-state index contributed by atoms with van der Waals surface area (Å²) in [5.41, 5.74) is 0. The van der Waals surface area contributed by atoms with Crippen molar-refractivity contribution in [1.29, 1.82) is 0 Å². The van der Waals surface area contributed by atoms with E-state index in [-0.39, 0.29) is 5.75 Å². The Balaban J connectivity index is 2.59. The van der Waals surface area contributed by atoms with Gasteiger partial charge >= 0.3 is 6.16 Å². The molecule has 14 heavy (non-hydrogen) atoms. The predicted molar refractivity (Wildman–Crippen MR) is 46.2 cm³/mol. The maximum atomic E-state index is 11.1. The van der Waals surface area contributed by atoms with Gasteiger partial charge in [0.05, 0.1) is 13.2 Å². The Hall–Kier alpha value is -0.820. The molecular formula is C7H12O6S. The lowest BCUT2D eigenvalue weighted by molar-refractivity contribution is 0.0206. The van der Waals surface area contributed by atoms with Crippen molar-refractivity contribution in [3.05, 3.63) is 0 Å². The van der Waals surface area contributed by atoms with Crippen LogP contribution in [0.1, 0.15) is 13.3 Å². The number of hydrogen-bond donors (Lipinski definition) is 0. The fourth-order valence-corrected chi connectivity index (χ4v) is 2.58. The second-order valence-corrected chi connectivity index (χ2v) is 4.70. The summed E-state index contributed by atoms with van der Waals surface area (Å²) in [7, 11) is -2.40. The lowest BCUT2D eigenvalue weighted by Crippen LogP contribution is -2.38. The quantitative estimate of drug-likeness (QED) is 0.470. The van der Waals surface area contributed by atoms with Gasteiger partial charge in [-0.3, -0.25) is 4.18 Å². The molecule has 0 aliphatic carbocycles. The first-order valence-electron chi connectivity index (χ1n) is 4.08. The Labute approximate surface area is 82.3 Å². The summed E-state index contributed by atoms with van der Waals surface area (Å²) in [6.45, 7) is 1.60. The van der Waals surface area contributed by atoms with E-state index in [9.17, 15) is 13.2 Å². The van der Waals surface area contributed by atoms with Crippen LogP contribution < -0.4 is 0 Å². The third kappa shape index (κ3) is 3.15. The van der Waals surface area contributed by atoms with Crippen molar-refractivity contribution >= 4 is 16.3 Å². The van der Waals surface area contributed by atoms with Gasteiger partial charge in [-0.1, -0.05) is 0 Å². The van der Waals surface area contributed by atoms with Crippen LogP contribution in [0.4, 0.5) is 4.79 Å². The Morgan fingerprint density at radius 2 is 2.14 bits per heavy atom. The topological polar surface area (TPSA) is 78.9 Å². The van der Waals surface area contributed by atoms with Crippen LogP contribution in [-0.2, 0) is 23.8 Å². The Morgan fingerprint density at radius 1 is 1.50 bits per heavy atom. The fraction of sp³-hybridized carbons (Fsp3) is 0.857. The molecule has 0 saturated carbocycles. The minimum absolute atomic E-state index is 0.313. The van der Waals surface area contributed by atoms with Crippen molar-refractivity contribution in [2.24, 2.45) is 0 Å². The lowest BCUT2D eigenvalue weighted by Gasteiger charge is -2.25. The molecule has 1 aliphatic heterocycles. The zero-order valence-corrected chi connectivity index (χ0v) is 8.74. The average molecular weight is 224 g/mol. The maximum absolute atomic E-state index is 11.1. The number of carbonyl (C=O) groups excluding carboxylic acids is 1. The number of hydrogen-bond acceptors (Lipinski definition) is 6. The molecule has 1 heterocycles. The van der Waals surface area contributed by atoms with Gasteiger partial charge in [0.1, 0.15) is 11.9 Å². The standard InChI is InChI=1S/C7H12O6S/c1-5-3-6(12-7(8)11-2)4-14(9,10)13-5/h5-6H,3-4H2,1-2H3. The minimum atomic E-state index is -3.57. The van der Waals surface area contributed by atoms with Crippen molar-refractivity contribution in [1.82, 2.24) is 0 Å². The molecule has 1 rings (SSSR count). The number of carbonyl (C=O) groups is 1. The largest absolute Gasteiger partial charge is 0.508 e. The first kappa shape index (κ1) is 11.3. The predicted octanol–water partition coefficient (Wildman–Crippen LogP) is 0.277. The van der Waals surface area contributed by atoms with Crippen LogP contribution in [0.25, 0.3) is 0 Å². The molecule has 0 bridgehead atoms. The number of ether oxygens (including phenoxy) is 2. The molecule has 0 N–H and O–H groups in total. The van der Waals surface area contributed by atoms with E-state index < -0.39 is 28.5 Å². The SMILES string of the molecule is COC(=O)OC1CC(C)OS(=O)(=O)C1. The molecule has 2 unspecified atom stereocenters. The van der Waals surface area contributed by atoms with Gasteiger partial charge in [0, 0.05) is 6.42 Å². The molecule has 0 aromatic heterocycles. The first-order chi connectivity index (χ1) is 6.43. The van der Waals surface area contributed by atoms with Gasteiger partial charge < -0.3 is 9.47 Å². The summed E-state index contributed by atoms with van der Waals surface area (Å²) >= 11 is 0. The second-order valence-electron chi connectivity index (χ2n) is 3.06. The highest BCUT2D eigenvalue weighted by Gasteiger charge is 2.32. The monoisotopic (exact) mass is 224 g/mol. The normalized spacial score (nSPS) is 30.7. The zero-order valence-electron chi connectivity index (χ0n) is 7.93. The highest BCUT2D eigenvalue weighted by Crippen LogP contribution is 2.18. The molecule has 1 saturated heterocycles. The van der Waals surface area contributed by atoms with Crippen LogP contribution >= 0.6 is 0 Å². The van der Waals surface area contributed by atoms with E-state index in [1.165, 1.54) is 7.11 Å². The number of methoxy groups -OCH3 is 1. The Bertz CT molecular complexity index is 308. The van der Waals surface area contributed by atoms with Crippen molar-refractivity contribution in [2.45, 2.75) is 25.6 Å². The molecule has 1 fully saturated rings. The van der Waals surface area contributed by atoms with Crippen LogP contribution in [0.5, 0.6) is 0 Å². The zero-order chi connectivity index (χ0) is 10.8. The smallest absolute Gasteiger partial charge is 0.438 e. The Kier molecular flexibility index (Phi) is 3.33. The molecule has 0 amide bonds. The fourth-order valence-electron chi connectivity index (χ4n) is 1.26. The van der Waals surface area contributed by atoms with E-state index in [0.29, 0.717) is 6.42 Å². The molecule has 0 radical (unpaired) electrons. The lowest BCUT2D eigenvalue weighted by atomic mass is 10.2. The van der Waals surface area contributed by atoms with E-state index >= 15 is 0 Å². The van der Waals surface area contributed by atoms with Crippen LogP contribution in [0.15, 0.2) is 0 Å². The summed E-state index contributed by atoms with van der Waals surface area (Å²) in [4.78, 5) is 10.7. The van der Waals surface area contributed by atoms with Crippen molar-refractivity contribution in [3.63, 3.8) is 0 Å². The van der Waals surface area contributed by atoms with Crippen LogP contribution in [0.3, 0.4) is 0 Å². The van der Waals surface area contributed by atoms with E-state index in [0.717, 1.165) is 0 Å². The molecule has 1 aliphatic rings. The van der Waals surface area contributed by atoms with Crippen molar-refractivity contribution < 1.29 is 26.9 Å². The highest BCUT2D eigenvalue weighted by atomic mass is 32.2. The third-order valence-corrected chi connectivity index (χ3v) is 3.13. The minimum Gasteiger partial charge on any atom is -0.438 e. The first-order valence-corrected chi connectivity index (χ1v) is 5.66. The van der Waals surface area contributed by atoms with E-state index in [1.807, 2.05) is 0 Å². The summed E-state index contributed by atoms with van der Waals surface area (Å²) in [5.74, 6) is -0.313. The molecule has 0 spiro atoms. The van der Waals surface area contributed by atoms with E-state index in [4.69, 9.17) is 4.74 Å². The average Bonchev–Trinajstić information content (AvgIpc) is 1.99. The summed E-state index contributed by atoms with van der Waals surface area (Å²) in [6.07, 6.45) is -1.67. The second kappa shape index (κ2) is 4.14. The van der Waals surface area contributed by atoms with E-state index in [2.05, 4.69) is 8.92 Å². The molecular weight excluding hydrogens is 212 g/mol. The molecule has 82 valence electrons. The van der Waals surface area contributed by atoms with Gasteiger partial charge in [-0.2, -0.15) is 8.42 Å². The van der Waals surface area contributed by atoms with Gasteiger partial charge in [-0.25, -0.2) is 4.79 Å². The molecule has 0 aromatic rings. The summed E-state index contributed by atoms with van der Waals surface area (Å²) in [6, 6.07) is 0. The molecule has 6 nitrogen and oxygen atoms in total. The van der Waals surface area contributed by atoms with Gasteiger partial charge in [0.25, 0.3) is 10.1 Å². The van der Waals surface area contributed by atoms with Gasteiger partial charge in [-0.05, 0) is 6.92 Å². The van der Waals surface area contributed by atoms with Gasteiger partial charge in [0.2, 0.25) is 0 Å². The summed E-state index contributed by atoms with van der Waals surface area (Å²) < 4.78 is 35.8. The number of rotatable bonds is 1. The molecule has 2 atom stereocenters. The highest BCUT2D eigenvalue weighted by molar-refractivity contribution is 7.86. The van der Waals surface area contributed by atoms with Gasteiger partial charge in [0.15, 0.2) is 0 Å². The third-order valence-electron chi connectivity index (χ3n) is 1.73. The van der Waals surface area contributed by atoms with Crippen molar-refractivity contribution in [2.75, 3.05) is 12.9 Å². The van der Waals surface area contributed by atoms with Gasteiger partial charge in [-0.15, -0.1) is 0 Å².